The number of aromatic nitrogens is 4. The Balaban J connectivity index is 1.75. The zero-order valence-electron chi connectivity index (χ0n) is 13.0. The number of rotatable bonds is 3. The van der Waals surface area contributed by atoms with E-state index in [-0.39, 0.29) is 6.23 Å². The van der Waals surface area contributed by atoms with E-state index in [1.54, 1.807) is 18.5 Å². The van der Waals surface area contributed by atoms with Crippen molar-refractivity contribution in [1.82, 2.24) is 19.5 Å². The summed E-state index contributed by atoms with van der Waals surface area (Å²) in [5.74, 6) is 0.605. The summed E-state index contributed by atoms with van der Waals surface area (Å²) in [7, 11) is 0. The second-order valence-corrected chi connectivity index (χ2v) is 7.54. The van der Waals surface area contributed by atoms with E-state index in [9.17, 15) is 0 Å². The summed E-state index contributed by atoms with van der Waals surface area (Å²) in [6, 6.07) is 5.27. The third-order valence-corrected chi connectivity index (χ3v) is 5.07. The lowest BCUT2D eigenvalue weighted by molar-refractivity contribution is -0.0298. The average Bonchev–Trinajstić information content (AvgIpc) is 3.02. The second kappa shape index (κ2) is 7.22. The summed E-state index contributed by atoms with van der Waals surface area (Å²) in [6.45, 7) is 0.762. The Morgan fingerprint density at radius 1 is 1.24 bits per heavy atom. The summed E-state index contributed by atoms with van der Waals surface area (Å²) >= 11 is 14.3. The number of ether oxygens (including phenoxy) is 1. The van der Waals surface area contributed by atoms with Crippen LogP contribution in [0, 0.1) is 3.83 Å². The second-order valence-electron chi connectivity index (χ2n) is 5.74. The van der Waals surface area contributed by atoms with Crippen LogP contribution in [-0.2, 0) is 4.74 Å². The molecule has 1 aliphatic heterocycles. The number of nitrogens with one attached hydrogen (secondary N) is 1. The molecule has 0 radical (unpaired) electrons. The lowest BCUT2D eigenvalue weighted by Crippen LogP contribution is -2.18. The van der Waals surface area contributed by atoms with Crippen LogP contribution in [0.25, 0.3) is 11.2 Å². The molecule has 2 aromatic heterocycles. The van der Waals surface area contributed by atoms with Crippen LogP contribution < -0.4 is 5.32 Å². The highest BCUT2D eigenvalue weighted by molar-refractivity contribution is 14.1. The minimum Gasteiger partial charge on any atom is -0.358 e. The molecule has 1 unspecified atom stereocenters. The van der Waals surface area contributed by atoms with E-state index in [0.29, 0.717) is 30.9 Å². The molecule has 4 rings (SSSR count). The number of imidazole rings is 1. The van der Waals surface area contributed by atoms with E-state index in [1.165, 1.54) is 0 Å². The van der Waals surface area contributed by atoms with Gasteiger partial charge in [-0.25, -0.2) is 15.0 Å². The molecule has 0 aliphatic carbocycles. The number of nitrogens with zero attached hydrogens (tertiary/aromatic N) is 4. The first-order chi connectivity index (χ1) is 12.1. The van der Waals surface area contributed by atoms with Gasteiger partial charge >= 0.3 is 0 Å². The summed E-state index contributed by atoms with van der Waals surface area (Å²) in [4.78, 5) is 13.5. The van der Waals surface area contributed by atoms with Gasteiger partial charge < -0.3 is 10.1 Å². The van der Waals surface area contributed by atoms with Crippen LogP contribution in [0.4, 0.5) is 11.5 Å². The quantitative estimate of drug-likeness (QED) is 0.405. The van der Waals surface area contributed by atoms with Gasteiger partial charge in [0, 0.05) is 34.2 Å². The molecule has 3 heterocycles. The topological polar surface area (TPSA) is 64.9 Å². The van der Waals surface area contributed by atoms with Crippen molar-refractivity contribution in [3.63, 3.8) is 0 Å². The van der Waals surface area contributed by atoms with Crippen molar-refractivity contribution < 1.29 is 4.74 Å². The van der Waals surface area contributed by atoms with Gasteiger partial charge in [-0.05, 0) is 37.5 Å². The van der Waals surface area contributed by atoms with Crippen molar-refractivity contribution in [3.05, 3.63) is 38.4 Å². The number of anilines is 2. The Labute approximate surface area is 168 Å². The first-order valence-corrected chi connectivity index (χ1v) is 9.69. The van der Waals surface area contributed by atoms with Crippen LogP contribution in [0.2, 0.25) is 10.0 Å². The monoisotopic (exact) mass is 489 g/mol. The molecule has 1 saturated heterocycles. The summed E-state index contributed by atoms with van der Waals surface area (Å²) in [6.07, 6.45) is 4.92. The average molecular weight is 490 g/mol. The highest BCUT2D eigenvalue weighted by Gasteiger charge is 2.21. The summed E-state index contributed by atoms with van der Waals surface area (Å²) < 4.78 is 8.46. The maximum absolute atomic E-state index is 6.26. The maximum atomic E-state index is 6.26. The van der Waals surface area contributed by atoms with Crippen molar-refractivity contribution >= 4 is 68.5 Å². The van der Waals surface area contributed by atoms with E-state index in [4.69, 9.17) is 27.9 Å². The van der Waals surface area contributed by atoms with Crippen LogP contribution >= 0.6 is 45.8 Å². The zero-order chi connectivity index (χ0) is 17.4. The van der Waals surface area contributed by atoms with Gasteiger partial charge in [-0.15, -0.1) is 0 Å². The Hall–Kier alpha value is -1.16. The third kappa shape index (κ3) is 3.55. The Morgan fingerprint density at radius 2 is 2.12 bits per heavy atom. The molecule has 1 atom stereocenters. The van der Waals surface area contributed by atoms with E-state index in [2.05, 4.69) is 42.9 Å². The Morgan fingerprint density at radius 3 is 2.88 bits per heavy atom. The van der Waals surface area contributed by atoms with Crippen molar-refractivity contribution in [3.8, 4) is 0 Å². The van der Waals surface area contributed by atoms with Gasteiger partial charge in [-0.1, -0.05) is 23.2 Å². The molecule has 3 aromatic rings. The fourth-order valence-corrected chi connectivity index (χ4v) is 3.77. The molecule has 0 amide bonds. The summed E-state index contributed by atoms with van der Waals surface area (Å²) in [5.41, 5.74) is 2.14. The van der Waals surface area contributed by atoms with E-state index in [1.807, 2.05) is 10.6 Å². The van der Waals surface area contributed by atoms with Gasteiger partial charge in [0.25, 0.3) is 0 Å². The molecular formula is C16H14Cl2IN5O. The number of benzene rings is 1. The van der Waals surface area contributed by atoms with Crippen LogP contribution in [0.1, 0.15) is 25.5 Å². The van der Waals surface area contributed by atoms with Crippen LogP contribution in [0.5, 0.6) is 0 Å². The molecule has 0 spiro atoms. The van der Waals surface area contributed by atoms with Gasteiger partial charge in [0.15, 0.2) is 20.8 Å². The van der Waals surface area contributed by atoms with E-state index >= 15 is 0 Å². The predicted molar refractivity (Wildman–Crippen MR) is 107 cm³/mol. The van der Waals surface area contributed by atoms with Gasteiger partial charge in [-0.3, -0.25) is 4.57 Å². The Bertz CT molecular complexity index is 926. The van der Waals surface area contributed by atoms with Crippen molar-refractivity contribution in [1.29, 1.82) is 0 Å². The Kier molecular flexibility index (Phi) is 4.99. The molecule has 1 aliphatic rings. The fraction of sp³-hybridized carbons (Fsp3) is 0.312. The highest BCUT2D eigenvalue weighted by Crippen LogP contribution is 2.32. The highest BCUT2D eigenvalue weighted by atomic mass is 127. The fourth-order valence-electron chi connectivity index (χ4n) is 2.85. The molecule has 0 bridgehead atoms. The molecule has 1 N–H and O–H groups in total. The normalized spacial score (nSPS) is 17.8. The molecule has 0 saturated carbocycles. The largest absolute Gasteiger partial charge is 0.358 e. The van der Waals surface area contributed by atoms with Gasteiger partial charge in [-0.2, -0.15) is 0 Å². The van der Waals surface area contributed by atoms with Crippen LogP contribution in [-0.4, -0.2) is 26.1 Å². The minimum atomic E-state index is -0.0311. The zero-order valence-corrected chi connectivity index (χ0v) is 16.7. The standard InChI is InChI=1S/C16H14Cl2IN5O/c17-9-4-5-11(10(18)7-9)21-14-13-15(23-16(19)22-14)24(8-20-13)12-3-1-2-6-25-12/h4-5,7-8,12H,1-3,6H2,(H,21,22,23). The number of hydrogen-bond donors (Lipinski definition) is 1. The number of fused-ring (bicyclic) bond motifs is 1. The molecule has 130 valence electrons. The van der Waals surface area contributed by atoms with Crippen molar-refractivity contribution in [2.45, 2.75) is 25.5 Å². The van der Waals surface area contributed by atoms with Crippen LogP contribution in [0.15, 0.2) is 24.5 Å². The molecule has 25 heavy (non-hydrogen) atoms. The van der Waals surface area contributed by atoms with Gasteiger partial charge in [0.05, 0.1) is 17.0 Å². The molecular weight excluding hydrogens is 476 g/mol. The predicted octanol–water partition coefficient (Wildman–Crippen LogP) is 5.18. The van der Waals surface area contributed by atoms with Gasteiger partial charge in [0.2, 0.25) is 0 Å². The lowest BCUT2D eigenvalue weighted by Gasteiger charge is -2.23. The number of halogens is 3. The molecule has 1 aromatic carbocycles. The van der Waals surface area contributed by atoms with E-state index in [0.717, 1.165) is 31.5 Å². The smallest absolute Gasteiger partial charge is 0.194 e. The molecule has 1 fully saturated rings. The maximum Gasteiger partial charge on any atom is 0.194 e. The minimum absolute atomic E-state index is 0.0311. The van der Waals surface area contributed by atoms with Crippen molar-refractivity contribution in [2.75, 3.05) is 11.9 Å². The number of hydrogen-bond acceptors (Lipinski definition) is 5. The molecule has 6 nitrogen and oxygen atoms in total. The van der Waals surface area contributed by atoms with Crippen molar-refractivity contribution in [2.24, 2.45) is 0 Å². The lowest BCUT2D eigenvalue weighted by atomic mass is 10.2. The molecule has 9 heteroatoms. The third-order valence-electron chi connectivity index (χ3n) is 4.04. The first kappa shape index (κ1) is 17.3. The van der Waals surface area contributed by atoms with E-state index < -0.39 is 0 Å². The van der Waals surface area contributed by atoms with Crippen LogP contribution in [0.3, 0.4) is 0 Å². The summed E-state index contributed by atoms with van der Waals surface area (Å²) in [5, 5.41) is 4.33. The first-order valence-electron chi connectivity index (χ1n) is 7.85. The SMILES string of the molecule is Clc1ccc(Nc2nc(I)nc3c2ncn3C2CCCCO2)c(Cl)c1. The van der Waals surface area contributed by atoms with Gasteiger partial charge in [0.1, 0.15) is 6.23 Å².